The molecule has 8 nitrogen and oxygen atoms in total. The van der Waals surface area contributed by atoms with Gasteiger partial charge in [0.25, 0.3) is 0 Å². The number of carbonyl (C=O) groups excluding carboxylic acids is 3. The van der Waals surface area contributed by atoms with Crippen molar-refractivity contribution in [2.75, 3.05) is 17.7 Å². The van der Waals surface area contributed by atoms with Crippen molar-refractivity contribution in [3.05, 3.63) is 52.4 Å². The van der Waals surface area contributed by atoms with Crippen molar-refractivity contribution in [2.24, 2.45) is 0 Å². The fourth-order valence-corrected chi connectivity index (χ4v) is 5.92. The molecule has 0 saturated carbocycles. The minimum Gasteiger partial charge on any atom is -0.478 e. The maximum atomic E-state index is 13.1. The van der Waals surface area contributed by atoms with Gasteiger partial charge in [0, 0.05) is 27.6 Å². The number of carboxylic acid groups (broad SMARTS) is 1. The zero-order valence-corrected chi connectivity index (χ0v) is 20.5. The highest BCUT2D eigenvalue weighted by molar-refractivity contribution is 8.00. The number of benzene rings is 1. The number of rotatable bonds is 9. The first kappa shape index (κ1) is 25.5. The monoisotopic (exact) mass is 502 g/mol. The Balaban J connectivity index is 1.73. The van der Waals surface area contributed by atoms with Gasteiger partial charge in [0.2, 0.25) is 11.8 Å². The number of thioether (sulfide) groups is 1. The molecule has 3 N–H and O–H groups in total. The Kier molecular flexibility index (Phi) is 8.89. The summed E-state index contributed by atoms with van der Waals surface area (Å²) in [6, 6.07) is 6.96. The molecule has 1 heterocycles. The van der Waals surface area contributed by atoms with Crippen LogP contribution in [0.25, 0.3) is 0 Å². The van der Waals surface area contributed by atoms with E-state index in [2.05, 4.69) is 10.6 Å². The quantitative estimate of drug-likeness (QED) is 0.262. The van der Waals surface area contributed by atoms with Gasteiger partial charge in [-0.3, -0.25) is 9.59 Å². The molecule has 0 bridgehead atoms. The van der Waals surface area contributed by atoms with Crippen molar-refractivity contribution in [1.82, 2.24) is 0 Å². The summed E-state index contributed by atoms with van der Waals surface area (Å²) < 4.78 is 4.98. The number of methoxy groups -OCH3 is 1. The van der Waals surface area contributed by atoms with E-state index in [0.29, 0.717) is 22.7 Å². The minimum atomic E-state index is -1.21. The molecule has 10 heteroatoms. The van der Waals surface area contributed by atoms with E-state index in [4.69, 9.17) is 9.84 Å². The number of aryl methyl sites for hydroxylation is 1. The molecule has 1 unspecified atom stereocenters. The third kappa shape index (κ3) is 6.48. The number of hydrogen-bond donors (Lipinski definition) is 3. The lowest BCUT2D eigenvalue weighted by Gasteiger charge is -2.15. The molecule has 1 aliphatic carbocycles. The Labute approximate surface area is 205 Å². The van der Waals surface area contributed by atoms with Gasteiger partial charge in [0.15, 0.2) is 0 Å². The van der Waals surface area contributed by atoms with Crippen molar-refractivity contribution >= 4 is 57.5 Å². The molecule has 0 fully saturated rings. The number of carboxylic acids is 1. The summed E-state index contributed by atoms with van der Waals surface area (Å²) in [5.41, 5.74) is 1.94. The Morgan fingerprint density at radius 3 is 2.65 bits per heavy atom. The maximum absolute atomic E-state index is 13.1. The highest BCUT2D eigenvalue weighted by atomic mass is 32.2. The fraction of sp³-hybridized carbons (Fsp3) is 0.333. The van der Waals surface area contributed by atoms with E-state index in [1.54, 1.807) is 18.2 Å². The zero-order chi connectivity index (χ0) is 24.7. The molecule has 0 radical (unpaired) electrons. The lowest BCUT2D eigenvalue weighted by atomic mass is 9.95. The summed E-state index contributed by atoms with van der Waals surface area (Å²) >= 11 is 2.79. The predicted molar refractivity (Wildman–Crippen MR) is 133 cm³/mol. The summed E-state index contributed by atoms with van der Waals surface area (Å²) in [6.45, 7) is 1.90. The van der Waals surface area contributed by atoms with Gasteiger partial charge in [-0.2, -0.15) is 0 Å². The van der Waals surface area contributed by atoms with Gasteiger partial charge in [0.1, 0.15) is 5.00 Å². The molecule has 180 valence electrons. The van der Waals surface area contributed by atoms with Crippen LogP contribution in [0.15, 0.2) is 41.3 Å². The first-order valence-electron chi connectivity index (χ1n) is 10.8. The lowest BCUT2D eigenvalue weighted by Crippen LogP contribution is -2.25. The molecule has 0 aliphatic heterocycles. The minimum absolute atomic E-state index is 0.213. The average Bonchev–Trinajstić information content (AvgIpc) is 3.18. The molecule has 2 aromatic rings. The summed E-state index contributed by atoms with van der Waals surface area (Å²) in [5.74, 6) is -2.42. The van der Waals surface area contributed by atoms with Crippen LogP contribution in [0.5, 0.6) is 0 Å². The van der Waals surface area contributed by atoms with Crippen LogP contribution in [0.2, 0.25) is 0 Å². The third-order valence-corrected chi connectivity index (χ3v) is 7.78. The van der Waals surface area contributed by atoms with Gasteiger partial charge >= 0.3 is 11.9 Å². The van der Waals surface area contributed by atoms with Gasteiger partial charge in [-0.15, -0.1) is 23.1 Å². The van der Waals surface area contributed by atoms with Crippen LogP contribution in [0.3, 0.4) is 0 Å². The Morgan fingerprint density at radius 2 is 1.94 bits per heavy atom. The van der Waals surface area contributed by atoms with Crippen molar-refractivity contribution in [3.63, 3.8) is 0 Å². The number of ether oxygens (including phenoxy) is 1. The highest BCUT2D eigenvalue weighted by Gasteiger charge is 2.28. The van der Waals surface area contributed by atoms with E-state index >= 15 is 0 Å². The van der Waals surface area contributed by atoms with E-state index in [9.17, 15) is 19.2 Å². The molecule has 1 atom stereocenters. The van der Waals surface area contributed by atoms with Gasteiger partial charge in [0.05, 0.1) is 17.9 Å². The van der Waals surface area contributed by atoms with Crippen molar-refractivity contribution in [2.45, 2.75) is 49.2 Å². The van der Waals surface area contributed by atoms with Gasteiger partial charge in [-0.05, 0) is 55.9 Å². The number of anilines is 2. The molecular weight excluding hydrogens is 476 g/mol. The number of aliphatic carboxylic acids is 1. The van der Waals surface area contributed by atoms with Crippen LogP contribution in [-0.2, 0) is 32.0 Å². The normalized spacial score (nSPS) is 13.7. The van der Waals surface area contributed by atoms with Crippen LogP contribution >= 0.6 is 23.1 Å². The number of carbonyl (C=O) groups is 4. The van der Waals surface area contributed by atoms with E-state index in [0.717, 1.165) is 53.2 Å². The molecule has 0 saturated heterocycles. The number of nitrogens with one attached hydrogen (secondary N) is 2. The molecule has 1 aliphatic rings. The molecule has 1 aromatic carbocycles. The van der Waals surface area contributed by atoms with Crippen molar-refractivity contribution in [3.8, 4) is 0 Å². The Morgan fingerprint density at radius 1 is 1.18 bits per heavy atom. The molecule has 3 rings (SSSR count). The van der Waals surface area contributed by atoms with E-state index < -0.39 is 23.1 Å². The molecule has 34 heavy (non-hydrogen) atoms. The van der Waals surface area contributed by atoms with Gasteiger partial charge in [-0.1, -0.05) is 13.0 Å². The number of hydrogen-bond acceptors (Lipinski definition) is 7. The van der Waals surface area contributed by atoms with Gasteiger partial charge < -0.3 is 20.5 Å². The fourth-order valence-electron chi connectivity index (χ4n) is 3.63. The van der Waals surface area contributed by atoms with E-state index in [1.165, 1.54) is 30.2 Å². The average molecular weight is 503 g/mol. The summed E-state index contributed by atoms with van der Waals surface area (Å²) in [5, 5.41) is 14.3. The highest BCUT2D eigenvalue weighted by Crippen LogP contribution is 2.39. The molecular formula is C24H26N2O6S2. The second-order valence-electron chi connectivity index (χ2n) is 7.60. The summed E-state index contributed by atoms with van der Waals surface area (Å²) in [4.78, 5) is 49.9. The SMILES string of the molecule is CCC(Sc1cccc(NC(=O)/C=C/C(=O)O)c1)C(=O)Nc1sc2c(c1C(=O)OC)CCCC2. The maximum Gasteiger partial charge on any atom is 0.341 e. The van der Waals surface area contributed by atoms with Crippen LogP contribution in [0.4, 0.5) is 10.7 Å². The van der Waals surface area contributed by atoms with Crippen LogP contribution in [0, 0.1) is 0 Å². The predicted octanol–water partition coefficient (Wildman–Crippen LogP) is 4.50. The second-order valence-corrected chi connectivity index (χ2v) is 9.98. The molecule has 2 amide bonds. The third-order valence-electron chi connectivity index (χ3n) is 5.22. The molecule has 0 spiro atoms. The Bertz CT molecular complexity index is 1120. The Hall–Kier alpha value is -3.11. The van der Waals surface area contributed by atoms with Crippen LogP contribution in [0.1, 0.15) is 47.0 Å². The first-order chi connectivity index (χ1) is 16.3. The van der Waals surface area contributed by atoms with Crippen molar-refractivity contribution < 1.29 is 29.0 Å². The smallest absolute Gasteiger partial charge is 0.341 e. The summed E-state index contributed by atoms with van der Waals surface area (Å²) in [6.07, 6.45) is 6.01. The zero-order valence-electron chi connectivity index (χ0n) is 18.9. The standard InChI is InChI=1S/C24H26N2O6S2/c1-3-17(33-15-8-6-7-14(13-15)25-19(27)11-12-20(28)29)22(30)26-23-21(24(31)32-2)16-9-4-5-10-18(16)34-23/h6-8,11-13,17H,3-5,9-10H2,1-2H3,(H,25,27)(H,26,30)(H,28,29)/b12-11+. The number of thiophene rings is 1. The first-order valence-corrected chi connectivity index (χ1v) is 12.5. The van der Waals surface area contributed by atoms with Crippen LogP contribution < -0.4 is 10.6 Å². The number of amides is 2. The topological polar surface area (TPSA) is 122 Å². The molecule has 1 aromatic heterocycles. The van der Waals surface area contributed by atoms with Gasteiger partial charge in [-0.25, -0.2) is 9.59 Å². The van der Waals surface area contributed by atoms with E-state index in [1.807, 2.05) is 13.0 Å². The number of esters is 1. The van der Waals surface area contributed by atoms with E-state index in [-0.39, 0.29) is 5.91 Å². The summed E-state index contributed by atoms with van der Waals surface area (Å²) in [7, 11) is 1.34. The van der Waals surface area contributed by atoms with Crippen molar-refractivity contribution in [1.29, 1.82) is 0 Å². The second kappa shape index (κ2) is 11.8. The lowest BCUT2D eigenvalue weighted by molar-refractivity contribution is -0.131. The van der Waals surface area contributed by atoms with Crippen LogP contribution in [-0.4, -0.2) is 41.2 Å². The largest absolute Gasteiger partial charge is 0.478 e. The number of fused-ring (bicyclic) bond motifs is 1.